The van der Waals surface area contributed by atoms with E-state index in [4.69, 9.17) is 28.6 Å². The highest BCUT2D eigenvalue weighted by Gasteiger charge is 2.16. The first-order valence-electron chi connectivity index (χ1n) is 7.89. The second kappa shape index (κ2) is 8.29. The van der Waals surface area contributed by atoms with E-state index in [0.717, 1.165) is 48.3 Å². The number of thiocarbonyl (C=S) groups is 1. The van der Waals surface area contributed by atoms with E-state index in [1.165, 1.54) is 0 Å². The molecule has 124 valence electrons. The molecule has 1 heterocycles. The molecule has 1 fully saturated rings. The third-order valence-corrected chi connectivity index (χ3v) is 4.27. The quantitative estimate of drug-likeness (QED) is 0.644. The molecular weight excluding hydrogens is 340 g/mol. The zero-order valence-corrected chi connectivity index (χ0v) is 14.8. The molecule has 2 aromatic carbocycles. The summed E-state index contributed by atoms with van der Waals surface area (Å²) in [5.41, 5.74) is 3.16. The standard InChI is InChI=1S/C19H19ClN2OS/c20-16-8-6-15(7-9-16)18(22-10-12-23-13-11-22)14-19(24)21-17-4-2-1-3-5-17/h1-9,14H,10-13H2,(H,21,24)/b18-14-. The van der Waals surface area contributed by atoms with Crippen LogP contribution >= 0.6 is 23.8 Å². The van der Waals surface area contributed by atoms with Crippen molar-refractivity contribution >= 4 is 40.2 Å². The van der Waals surface area contributed by atoms with Gasteiger partial charge in [0.25, 0.3) is 0 Å². The van der Waals surface area contributed by atoms with Gasteiger partial charge in [-0.25, -0.2) is 0 Å². The highest BCUT2D eigenvalue weighted by molar-refractivity contribution is 7.81. The minimum absolute atomic E-state index is 0.678. The lowest BCUT2D eigenvalue weighted by Crippen LogP contribution is -2.35. The van der Waals surface area contributed by atoms with E-state index < -0.39 is 0 Å². The number of nitrogens with one attached hydrogen (secondary N) is 1. The second-order valence-electron chi connectivity index (χ2n) is 5.49. The van der Waals surface area contributed by atoms with Crippen LogP contribution in [0.3, 0.4) is 0 Å². The molecule has 0 bridgehead atoms. The molecule has 1 saturated heterocycles. The Labute approximate surface area is 152 Å². The topological polar surface area (TPSA) is 24.5 Å². The average Bonchev–Trinajstić information content (AvgIpc) is 2.62. The Hall–Kier alpha value is -1.88. The van der Waals surface area contributed by atoms with Crippen LogP contribution in [0.5, 0.6) is 0 Å². The summed E-state index contributed by atoms with van der Waals surface area (Å²) in [6.07, 6.45) is 2.01. The first kappa shape index (κ1) is 17.0. The van der Waals surface area contributed by atoms with E-state index in [1.807, 2.05) is 60.7 Å². The Kier molecular flexibility index (Phi) is 5.86. The van der Waals surface area contributed by atoms with E-state index >= 15 is 0 Å². The smallest absolute Gasteiger partial charge is 0.105 e. The van der Waals surface area contributed by atoms with E-state index in [9.17, 15) is 0 Å². The normalized spacial score (nSPS) is 15.2. The number of rotatable bonds is 4. The lowest BCUT2D eigenvalue weighted by Gasteiger charge is -2.31. The van der Waals surface area contributed by atoms with Crippen molar-refractivity contribution in [2.24, 2.45) is 0 Å². The molecule has 0 unspecified atom stereocenters. The summed E-state index contributed by atoms with van der Waals surface area (Å²) in [6, 6.07) is 17.8. The van der Waals surface area contributed by atoms with Crippen molar-refractivity contribution in [3.05, 3.63) is 71.3 Å². The molecule has 5 heteroatoms. The summed E-state index contributed by atoms with van der Waals surface area (Å²) in [5.74, 6) is 0. The monoisotopic (exact) mass is 358 g/mol. The van der Waals surface area contributed by atoms with Gasteiger partial charge < -0.3 is 15.0 Å². The predicted molar refractivity (Wildman–Crippen MR) is 104 cm³/mol. The van der Waals surface area contributed by atoms with Crippen molar-refractivity contribution in [3.63, 3.8) is 0 Å². The second-order valence-corrected chi connectivity index (χ2v) is 6.37. The van der Waals surface area contributed by atoms with Crippen LogP contribution in [-0.2, 0) is 4.74 Å². The number of para-hydroxylation sites is 1. The maximum Gasteiger partial charge on any atom is 0.105 e. The summed E-state index contributed by atoms with van der Waals surface area (Å²) >= 11 is 11.6. The number of hydrogen-bond donors (Lipinski definition) is 1. The van der Waals surface area contributed by atoms with Crippen LogP contribution in [-0.4, -0.2) is 36.2 Å². The Morgan fingerprint density at radius 2 is 1.71 bits per heavy atom. The Bertz CT molecular complexity index is 710. The molecular formula is C19H19ClN2OS. The first-order valence-corrected chi connectivity index (χ1v) is 8.67. The predicted octanol–water partition coefficient (Wildman–Crippen LogP) is 4.45. The van der Waals surface area contributed by atoms with Crippen LogP contribution < -0.4 is 5.32 Å². The molecule has 3 nitrogen and oxygen atoms in total. The largest absolute Gasteiger partial charge is 0.378 e. The van der Waals surface area contributed by atoms with Gasteiger partial charge in [0.2, 0.25) is 0 Å². The van der Waals surface area contributed by atoms with Crippen LogP contribution in [0.1, 0.15) is 5.56 Å². The van der Waals surface area contributed by atoms with Crippen LogP contribution in [0.4, 0.5) is 5.69 Å². The third-order valence-electron chi connectivity index (χ3n) is 3.80. The summed E-state index contributed by atoms with van der Waals surface area (Å²) in [5, 5.41) is 3.99. The zero-order chi connectivity index (χ0) is 16.8. The number of morpholine rings is 1. The minimum Gasteiger partial charge on any atom is -0.378 e. The molecule has 0 saturated carbocycles. The van der Waals surface area contributed by atoms with Crippen molar-refractivity contribution in [2.45, 2.75) is 0 Å². The molecule has 0 aromatic heterocycles. The highest BCUT2D eigenvalue weighted by Crippen LogP contribution is 2.23. The Morgan fingerprint density at radius 1 is 1.04 bits per heavy atom. The average molecular weight is 359 g/mol. The van der Waals surface area contributed by atoms with Crippen LogP contribution in [0.2, 0.25) is 5.02 Å². The number of anilines is 1. The fourth-order valence-corrected chi connectivity index (χ4v) is 2.96. The zero-order valence-electron chi connectivity index (χ0n) is 13.2. The van der Waals surface area contributed by atoms with Crippen molar-refractivity contribution in [2.75, 3.05) is 31.6 Å². The van der Waals surface area contributed by atoms with Gasteiger partial charge in [0, 0.05) is 29.5 Å². The van der Waals surface area contributed by atoms with Gasteiger partial charge in [-0.1, -0.05) is 54.2 Å². The van der Waals surface area contributed by atoms with Crippen molar-refractivity contribution in [1.29, 1.82) is 0 Å². The molecule has 1 aliphatic heterocycles. The molecule has 0 atom stereocenters. The number of ether oxygens (including phenoxy) is 1. The SMILES string of the molecule is S=C(/C=C(/c1ccc(Cl)cc1)N1CCOCC1)Nc1ccccc1. The Morgan fingerprint density at radius 3 is 2.38 bits per heavy atom. The van der Waals surface area contributed by atoms with Crippen LogP contribution in [0.25, 0.3) is 5.70 Å². The number of halogens is 1. The number of nitrogens with zero attached hydrogens (tertiary/aromatic N) is 1. The van der Waals surface area contributed by atoms with Gasteiger partial charge in [0.05, 0.1) is 13.2 Å². The highest BCUT2D eigenvalue weighted by atomic mass is 35.5. The van der Waals surface area contributed by atoms with Gasteiger partial charge in [0.15, 0.2) is 0 Å². The molecule has 0 amide bonds. The first-order chi connectivity index (χ1) is 11.7. The molecule has 0 spiro atoms. The van der Waals surface area contributed by atoms with Gasteiger partial charge in [-0.3, -0.25) is 0 Å². The lowest BCUT2D eigenvalue weighted by atomic mass is 10.1. The molecule has 1 aliphatic rings. The van der Waals surface area contributed by atoms with Crippen LogP contribution in [0, 0.1) is 0 Å². The van der Waals surface area contributed by atoms with Gasteiger partial charge in [-0.05, 0) is 35.9 Å². The summed E-state index contributed by atoms with van der Waals surface area (Å²) in [6.45, 7) is 3.15. The maximum atomic E-state index is 6.02. The fraction of sp³-hybridized carbons (Fsp3) is 0.211. The third kappa shape index (κ3) is 4.57. The lowest BCUT2D eigenvalue weighted by molar-refractivity contribution is 0.0640. The number of benzene rings is 2. The van der Waals surface area contributed by atoms with E-state index in [1.54, 1.807) is 0 Å². The van der Waals surface area contributed by atoms with Crippen molar-refractivity contribution in [1.82, 2.24) is 4.90 Å². The van der Waals surface area contributed by atoms with Gasteiger partial charge in [-0.2, -0.15) is 0 Å². The molecule has 0 aliphatic carbocycles. The van der Waals surface area contributed by atoms with Crippen LogP contribution in [0.15, 0.2) is 60.7 Å². The minimum atomic E-state index is 0.678. The van der Waals surface area contributed by atoms with Crippen molar-refractivity contribution in [3.8, 4) is 0 Å². The summed E-state index contributed by atoms with van der Waals surface area (Å²) in [7, 11) is 0. The van der Waals surface area contributed by atoms with E-state index in [0.29, 0.717) is 4.99 Å². The fourth-order valence-electron chi connectivity index (χ4n) is 2.61. The molecule has 24 heavy (non-hydrogen) atoms. The van der Waals surface area contributed by atoms with E-state index in [2.05, 4.69) is 10.2 Å². The van der Waals surface area contributed by atoms with Gasteiger partial charge >= 0.3 is 0 Å². The molecule has 2 aromatic rings. The summed E-state index contributed by atoms with van der Waals surface area (Å²) in [4.78, 5) is 2.98. The van der Waals surface area contributed by atoms with E-state index in [-0.39, 0.29) is 0 Å². The molecule has 0 radical (unpaired) electrons. The summed E-state index contributed by atoms with van der Waals surface area (Å²) < 4.78 is 5.47. The Balaban J connectivity index is 1.85. The van der Waals surface area contributed by atoms with Gasteiger partial charge in [-0.15, -0.1) is 0 Å². The number of hydrogen-bond acceptors (Lipinski definition) is 3. The molecule has 3 rings (SSSR count). The van der Waals surface area contributed by atoms with Gasteiger partial charge in [0.1, 0.15) is 4.99 Å². The van der Waals surface area contributed by atoms with Crippen molar-refractivity contribution < 1.29 is 4.74 Å². The molecule has 1 N–H and O–H groups in total. The maximum absolute atomic E-state index is 6.02.